The minimum absolute atomic E-state index is 0.0876. The third kappa shape index (κ3) is 4.00. The average Bonchev–Trinajstić information content (AvgIpc) is 3.30. The number of aliphatic hydroxyl groups is 1. The Bertz CT molecular complexity index is 713. The van der Waals surface area contributed by atoms with Crippen LogP contribution in [-0.4, -0.2) is 40.6 Å². The van der Waals surface area contributed by atoms with Crippen molar-refractivity contribution in [2.45, 2.75) is 56.2 Å². The molecule has 0 radical (unpaired) electrons. The quantitative estimate of drug-likeness (QED) is 0.396. The highest BCUT2D eigenvalue weighted by atomic mass is 16.7. The van der Waals surface area contributed by atoms with E-state index in [1.54, 1.807) is 0 Å². The molecule has 4 rings (SSSR count). The number of fused-ring (bicyclic) bond motifs is 5. The second-order valence-electron chi connectivity index (χ2n) is 7.61. The number of aliphatic hydroxyl groups excluding tert-OH is 1. The molecule has 5 nitrogen and oxygen atoms in total. The van der Waals surface area contributed by atoms with Gasteiger partial charge in [0.1, 0.15) is 12.2 Å². The fraction of sp³-hybridized carbons (Fsp3) is 0.500. The topological polar surface area (TPSA) is 79.3 Å². The molecule has 3 fully saturated rings. The van der Waals surface area contributed by atoms with Crippen molar-refractivity contribution in [3.63, 3.8) is 0 Å². The number of carboxylic acids is 1. The Balaban J connectivity index is 1.36. The molecule has 5 heteroatoms. The van der Waals surface area contributed by atoms with Crippen molar-refractivity contribution in [3.8, 4) is 0 Å². The van der Waals surface area contributed by atoms with Crippen LogP contribution in [0.2, 0.25) is 0 Å². The monoisotopic (exact) mass is 370 g/mol. The Kier molecular flexibility index (Phi) is 5.43. The molecule has 1 aromatic carbocycles. The van der Waals surface area contributed by atoms with Crippen LogP contribution in [0.15, 0.2) is 54.6 Å². The number of benzene rings is 1. The normalized spacial score (nSPS) is 35.0. The number of hydrogen-bond acceptors (Lipinski definition) is 4. The standard InChI is InChI=1S/C22H26O5/c23-17(14-8-4-3-5-9-14)13-12-16-15(10-6-1-2-7-11-18(24)25)19-21-22(27-21)20(16)26-19/h1,3-6,8-9,12-13,15-17,19-23H,2,7,10-11H2,(H,24,25)/b6-1-,13-12+/t15-,16+,17?,19+,20-,21-,22+/m0/s1. The van der Waals surface area contributed by atoms with Gasteiger partial charge in [-0.1, -0.05) is 54.6 Å². The van der Waals surface area contributed by atoms with E-state index in [1.165, 1.54) is 0 Å². The Labute approximate surface area is 159 Å². The first-order chi connectivity index (χ1) is 13.1. The summed E-state index contributed by atoms with van der Waals surface area (Å²) in [5, 5.41) is 19.1. The zero-order chi connectivity index (χ0) is 18.8. The maximum absolute atomic E-state index is 10.6. The second kappa shape index (κ2) is 7.97. The van der Waals surface area contributed by atoms with Crippen LogP contribution in [0.3, 0.4) is 0 Å². The van der Waals surface area contributed by atoms with Crippen LogP contribution in [-0.2, 0) is 14.3 Å². The van der Waals surface area contributed by atoms with E-state index in [4.69, 9.17) is 14.6 Å². The van der Waals surface area contributed by atoms with E-state index in [-0.39, 0.29) is 36.8 Å². The van der Waals surface area contributed by atoms with E-state index >= 15 is 0 Å². The Morgan fingerprint density at radius 1 is 1.07 bits per heavy atom. The molecule has 1 aromatic rings. The first-order valence-electron chi connectivity index (χ1n) is 9.74. The number of rotatable bonds is 9. The summed E-state index contributed by atoms with van der Waals surface area (Å²) in [6.45, 7) is 0. The number of carboxylic acid groups (broad SMARTS) is 1. The summed E-state index contributed by atoms with van der Waals surface area (Å²) in [7, 11) is 0. The average molecular weight is 370 g/mol. The van der Waals surface area contributed by atoms with Crippen molar-refractivity contribution < 1.29 is 24.5 Å². The Morgan fingerprint density at radius 2 is 1.81 bits per heavy atom. The van der Waals surface area contributed by atoms with Gasteiger partial charge in [0.05, 0.1) is 18.3 Å². The van der Waals surface area contributed by atoms with Crippen molar-refractivity contribution in [1.29, 1.82) is 0 Å². The smallest absolute Gasteiger partial charge is 0.303 e. The summed E-state index contributed by atoms with van der Waals surface area (Å²) < 4.78 is 11.9. The third-order valence-corrected chi connectivity index (χ3v) is 5.81. The number of allylic oxidation sites excluding steroid dienone is 2. The maximum atomic E-state index is 10.6. The Morgan fingerprint density at radius 3 is 2.59 bits per heavy atom. The number of unbranched alkanes of at least 4 members (excludes halogenated alkanes) is 1. The van der Waals surface area contributed by atoms with Gasteiger partial charge in [-0.25, -0.2) is 0 Å². The van der Waals surface area contributed by atoms with Gasteiger partial charge in [-0.3, -0.25) is 4.79 Å². The molecule has 2 N–H and O–H groups in total. The summed E-state index contributed by atoms with van der Waals surface area (Å²) in [6, 6.07) is 9.63. The lowest BCUT2D eigenvalue weighted by Gasteiger charge is -2.22. The lowest BCUT2D eigenvalue weighted by molar-refractivity contribution is -0.137. The van der Waals surface area contributed by atoms with Gasteiger partial charge in [0.15, 0.2) is 0 Å². The van der Waals surface area contributed by atoms with Gasteiger partial charge in [0, 0.05) is 18.3 Å². The van der Waals surface area contributed by atoms with Crippen LogP contribution in [0, 0.1) is 11.8 Å². The van der Waals surface area contributed by atoms with E-state index < -0.39 is 12.1 Å². The summed E-state index contributed by atoms with van der Waals surface area (Å²) in [5.74, 6) is -0.168. The van der Waals surface area contributed by atoms with Crippen LogP contribution >= 0.6 is 0 Å². The molecule has 3 heterocycles. The van der Waals surface area contributed by atoms with Gasteiger partial charge in [0.25, 0.3) is 0 Å². The Hall–Kier alpha value is -1.95. The molecule has 2 bridgehead atoms. The molecule has 3 saturated heterocycles. The fourth-order valence-corrected chi connectivity index (χ4v) is 4.40. The largest absolute Gasteiger partial charge is 0.481 e. The SMILES string of the molecule is O=C(O)CCC/C=C\C[C@H]1[C@@H](/C=C/C(O)c2ccccc2)[C@@H]2O[C@H]1[C@@H]1O[C@@H]12. The molecule has 0 aromatic heterocycles. The van der Waals surface area contributed by atoms with Gasteiger partial charge < -0.3 is 19.7 Å². The molecule has 0 spiro atoms. The molecule has 3 aliphatic rings. The summed E-state index contributed by atoms with van der Waals surface area (Å²) >= 11 is 0. The highest BCUT2D eigenvalue weighted by molar-refractivity contribution is 5.66. The van der Waals surface area contributed by atoms with Crippen LogP contribution in [0.4, 0.5) is 0 Å². The maximum Gasteiger partial charge on any atom is 0.303 e. The molecule has 27 heavy (non-hydrogen) atoms. The van der Waals surface area contributed by atoms with E-state index in [2.05, 4.69) is 18.2 Å². The van der Waals surface area contributed by atoms with Crippen molar-refractivity contribution >= 4 is 5.97 Å². The molecular formula is C22H26O5. The van der Waals surface area contributed by atoms with Gasteiger partial charge in [-0.05, 0) is 24.8 Å². The summed E-state index contributed by atoms with van der Waals surface area (Å²) in [6.07, 6.45) is 10.8. The lowest BCUT2D eigenvalue weighted by Crippen LogP contribution is -2.31. The van der Waals surface area contributed by atoms with Crippen molar-refractivity contribution in [3.05, 3.63) is 60.2 Å². The third-order valence-electron chi connectivity index (χ3n) is 5.81. The van der Waals surface area contributed by atoms with E-state index in [0.29, 0.717) is 12.3 Å². The molecule has 0 amide bonds. The molecule has 7 atom stereocenters. The molecule has 1 unspecified atom stereocenters. The minimum Gasteiger partial charge on any atom is -0.481 e. The van der Waals surface area contributed by atoms with Gasteiger partial charge >= 0.3 is 5.97 Å². The summed E-state index contributed by atoms with van der Waals surface area (Å²) in [4.78, 5) is 10.6. The zero-order valence-electron chi connectivity index (χ0n) is 15.2. The first kappa shape index (κ1) is 18.4. The van der Waals surface area contributed by atoms with E-state index in [9.17, 15) is 9.90 Å². The fourth-order valence-electron chi connectivity index (χ4n) is 4.40. The lowest BCUT2D eigenvalue weighted by atomic mass is 9.77. The second-order valence-corrected chi connectivity index (χ2v) is 7.61. The zero-order valence-corrected chi connectivity index (χ0v) is 15.2. The highest BCUT2D eigenvalue weighted by Crippen LogP contribution is 2.55. The first-order valence-corrected chi connectivity index (χ1v) is 9.74. The van der Waals surface area contributed by atoms with Crippen molar-refractivity contribution in [2.24, 2.45) is 11.8 Å². The van der Waals surface area contributed by atoms with Crippen molar-refractivity contribution in [2.75, 3.05) is 0 Å². The van der Waals surface area contributed by atoms with Crippen LogP contribution < -0.4 is 0 Å². The number of carbonyl (C=O) groups is 1. The van der Waals surface area contributed by atoms with E-state index in [0.717, 1.165) is 18.4 Å². The minimum atomic E-state index is -0.746. The van der Waals surface area contributed by atoms with Gasteiger partial charge in [-0.2, -0.15) is 0 Å². The molecule has 3 aliphatic heterocycles. The van der Waals surface area contributed by atoms with Crippen LogP contribution in [0.1, 0.15) is 37.4 Å². The molecule has 0 aliphatic carbocycles. The predicted molar refractivity (Wildman–Crippen MR) is 100 cm³/mol. The van der Waals surface area contributed by atoms with Gasteiger partial charge in [-0.15, -0.1) is 0 Å². The van der Waals surface area contributed by atoms with Crippen LogP contribution in [0.25, 0.3) is 0 Å². The number of ether oxygens (including phenoxy) is 2. The number of aliphatic carboxylic acids is 1. The predicted octanol–water partition coefficient (Wildman–Crippen LogP) is 3.26. The number of epoxide rings is 1. The van der Waals surface area contributed by atoms with Crippen LogP contribution in [0.5, 0.6) is 0 Å². The summed E-state index contributed by atoms with van der Waals surface area (Å²) in [5.41, 5.74) is 0.883. The molecule has 144 valence electrons. The molecule has 0 saturated carbocycles. The van der Waals surface area contributed by atoms with Crippen molar-refractivity contribution in [1.82, 2.24) is 0 Å². The number of hydrogen-bond donors (Lipinski definition) is 2. The molecular weight excluding hydrogens is 344 g/mol. The highest BCUT2D eigenvalue weighted by Gasteiger charge is 2.68. The van der Waals surface area contributed by atoms with E-state index in [1.807, 2.05) is 36.4 Å². The van der Waals surface area contributed by atoms with Gasteiger partial charge in [0.2, 0.25) is 0 Å².